The highest BCUT2D eigenvalue weighted by Crippen LogP contribution is 2.20. The molecule has 298 valence electrons. The average Bonchev–Trinajstić information content (AvgIpc) is 3.22. The molecule has 0 heterocycles. The van der Waals surface area contributed by atoms with Crippen molar-refractivity contribution in [1.29, 1.82) is 0 Å². The summed E-state index contributed by atoms with van der Waals surface area (Å²) in [6, 6.07) is 25.6. The molecule has 0 spiro atoms. The number of carbonyl (C=O) groups excluding carboxylic acids is 4. The highest BCUT2D eigenvalue weighted by atomic mass is 16.5. The van der Waals surface area contributed by atoms with Crippen LogP contribution in [0.2, 0.25) is 0 Å². The van der Waals surface area contributed by atoms with Crippen molar-refractivity contribution in [3.8, 4) is 23.0 Å². The molecule has 0 saturated heterocycles. The molecule has 0 fully saturated rings. The van der Waals surface area contributed by atoms with Gasteiger partial charge in [0.2, 0.25) is 0 Å². The molecule has 0 saturated carbocycles. The van der Waals surface area contributed by atoms with Crippen LogP contribution in [0.3, 0.4) is 0 Å². The normalized spacial score (nSPS) is 10.7. The summed E-state index contributed by atoms with van der Waals surface area (Å²) in [5.41, 5.74) is 1.42. The second-order valence-electron chi connectivity index (χ2n) is 12.8. The van der Waals surface area contributed by atoms with E-state index in [1.165, 1.54) is 0 Å². The van der Waals surface area contributed by atoms with Crippen molar-refractivity contribution in [2.75, 3.05) is 39.6 Å². The number of aliphatic hydroxyl groups excluding tert-OH is 2. The first-order valence-electron chi connectivity index (χ1n) is 19.0. The Morgan fingerprint density at radius 1 is 0.339 bits per heavy atom. The minimum atomic E-state index is -0.541. The molecule has 0 atom stereocenters. The largest absolute Gasteiger partial charge is 0.494 e. The van der Waals surface area contributed by atoms with Crippen LogP contribution in [0.25, 0.3) is 0 Å². The highest BCUT2D eigenvalue weighted by molar-refractivity contribution is 5.93. The second kappa shape index (κ2) is 24.6. The van der Waals surface area contributed by atoms with E-state index in [1.54, 1.807) is 97.1 Å². The molecule has 0 unspecified atom stereocenters. The summed E-state index contributed by atoms with van der Waals surface area (Å²) in [5.74, 6) is -0.151. The Labute approximate surface area is 327 Å². The quantitative estimate of drug-likeness (QED) is 0.0383. The van der Waals surface area contributed by atoms with Gasteiger partial charge < -0.3 is 38.6 Å². The predicted molar refractivity (Wildman–Crippen MR) is 208 cm³/mol. The summed E-state index contributed by atoms with van der Waals surface area (Å²) < 4.78 is 33.0. The molecule has 56 heavy (non-hydrogen) atoms. The molecular formula is C44H50O12. The van der Waals surface area contributed by atoms with E-state index in [0.717, 1.165) is 64.2 Å². The van der Waals surface area contributed by atoms with Crippen molar-refractivity contribution >= 4 is 23.9 Å². The zero-order chi connectivity index (χ0) is 39.8. The van der Waals surface area contributed by atoms with Gasteiger partial charge in [0.15, 0.2) is 0 Å². The molecule has 4 rings (SSSR count). The maximum atomic E-state index is 12.6. The maximum Gasteiger partial charge on any atom is 0.343 e. The standard InChI is InChI=1S/C44H50O12/c45-27-5-1-3-7-31-53-41(47)33-15-23-39(24-16-33)55-43(49)35-11-19-37(20-12-35)51-29-9-10-30-52-38-21-13-36(14-22-38)44(50)56-40-25-17-34(18-26-40)42(48)54-32-8-4-2-6-28-46/h11-26,45-46H,1-10,27-32H2. The van der Waals surface area contributed by atoms with Gasteiger partial charge in [0, 0.05) is 13.2 Å². The number of hydrogen-bond acceptors (Lipinski definition) is 12. The third-order valence-corrected chi connectivity index (χ3v) is 8.43. The lowest BCUT2D eigenvalue weighted by molar-refractivity contribution is 0.0488. The number of aliphatic hydroxyl groups is 2. The van der Waals surface area contributed by atoms with Crippen LogP contribution in [-0.2, 0) is 9.47 Å². The molecule has 12 nitrogen and oxygen atoms in total. The zero-order valence-electron chi connectivity index (χ0n) is 31.5. The average molecular weight is 771 g/mol. The third-order valence-electron chi connectivity index (χ3n) is 8.43. The molecule has 0 bridgehead atoms. The molecule has 4 aromatic rings. The smallest absolute Gasteiger partial charge is 0.343 e. The summed E-state index contributed by atoms with van der Waals surface area (Å²) in [6.45, 7) is 1.85. The van der Waals surface area contributed by atoms with Crippen molar-refractivity contribution in [3.05, 3.63) is 119 Å². The zero-order valence-corrected chi connectivity index (χ0v) is 31.5. The molecule has 0 aromatic heterocycles. The Kier molecular flexibility index (Phi) is 18.9. The van der Waals surface area contributed by atoms with Crippen molar-refractivity contribution in [2.45, 2.75) is 64.2 Å². The third kappa shape index (κ3) is 15.6. The molecule has 0 aliphatic rings. The fourth-order valence-corrected chi connectivity index (χ4v) is 5.24. The van der Waals surface area contributed by atoms with Gasteiger partial charge in [0.25, 0.3) is 0 Å². The minimum Gasteiger partial charge on any atom is -0.494 e. The van der Waals surface area contributed by atoms with Gasteiger partial charge in [-0.3, -0.25) is 0 Å². The first kappa shape index (κ1) is 43.0. The van der Waals surface area contributed by atoms with E-state index in [0.29, 0.717) is 71.7 Å². The van der Waals surface area contributed by atoms with Gasteiger partial charge in [-0.25, -0.2) is 19.2 Å². The number of hydrogen-bond donors (Lipinski definition) is 2. The second-order valence-corrected chi connectivity index (χ2v) is 12.8. The fraction of sp³-hybridized carbons (Fsp3) is 0.364. The Balaban J connectivity index is 1.07. The van der Waals surface area contributed by atoms with E-state index in [2.05, 4.69) is 0 Å². The molecule has 0 amide bonds. The van der Waals surface area contributed by atoms with Crippen LogP contribution in [0, 0.1) is 0 Å². The van der Waals surface area contributed by atoms with Crippen molar-refractivity contribution in [1.82, 2.24) is 0 Å². The van der Waals surface area contributed by atoms with Crippen LogP contribution in [0.1, 0.15) is 106 Å². The number of ether oxygens (including phenoxy) is 6. The molecule has 0 aliphatic carbocycles. The molecule has 12 heteroatoms. The van der Waals surface area contributed by atoms with E-state index < -0.39 is 23.9 Å². The Bertz CT molecular complexity index is 1640. The van der Waals surface area contributed by atoms with Gasteiger partial charge >= 0.3 is 23.9 Å². The molecule has 4 aromatic carbocycles. The van der Waals surface area contributed by atoms with E-state index in [4.69, 9.17) is 38.6 Å². The number of esters is 4. The highest BCUT2D eigenvalue weighted by Gasteiger charge is 2.13. The first-order chi connectivity index (χ1) is 27.4. The number of unbranched alkanes of at least 4 members (excludes halogenated alkanes) is 7. The minimum absolute atomic E-state index is 0.165. The number of benzene rings is 4. The van der Waals surface area contributed by atoms with Gasteiger partial charge in [0.1, 0.15) is 23.0 Å². The van der Waals surface area contributed by atoms with Gasteiger partial charge in [0.05, 0.1) is 48.7 Å². The van der Waals surface area contributed by atoms with Crippen molar-refractivity contribution < 1.29 is 57.8 Å². The first-order valence-corrected chi connectivity index (χ1v) is 19.0. The van der Waals surface area contributed by atoms with Gasteiger partial charge in [-0.15, -0.1) is 0 Å². The van der Waals surface area contributed by atoms with Gasteiger partial charge in [-0.05, 0) is 148 Å². The topological polar surface area (TPSA) is 164 Å². The lowest BCUT2D eigenvalue weighted by atomic mass is 10.2. The van der Waals surface area contributed by atoms with Gasteiger partial charge in [-0.2, -0.15) is 0 Å². The van der Waals surface area contributed by atoms with Crippen molar-refractivity contribution in [2.24, 2.45) is 0 Å². The van der Waals surface area contributed by atoms with Crippen LogP contribution in [0.15, 0.2) is 97.1 Å². The monoisotopic (exact) mass is 770 g/mol. The van der Waals surface area contributed by atoms with Crippen LogP contribution >= 0.6 is 0 Å². The summed E-state index contributed by atoms with van der Waals surface area (Å²) in [6.07, 6.45) is 7.95. The van der Waals surface area contributed by atoms with Gasteiger partial charge in [-0.1, -0.05) is 12.8 Å². The van der Waals surface area contributed by atoms with E-state index >= 15 is 0 Å². The van der Waals surface area contributed by atoms with Crippen LogP contribution in [0.4, 0.5) is 0 Å². The lowest BCUT2D eigenvalue weighted by Gasteiger charge is -2.09. The molecular weight excluding hydrogens is 720 g/mol. The Morgan fingerprint density at radius 2 is 0.625 bits per heavy atom. The van der Waals surface area contributed by atoms with E-state index in [1.807, 2.05) is 0 Å². The Morgan fingerprint density at radius 3 is 0.964 bits per heavy atom. The van der Waals surface area contributed by atoms with Crippen molar-refractivity contribution in [3.63, 3.8) is 0 Å². The lowest BCUT2D eigenvalue weighted by Crippen LogP contribution is -2.10. The van der Waals surface area contributed by atoms with Crippen LogP contribution in [-0.4, -0.2) is 73.7 Å². The summed E-state index contributed by atoms with van der Waals surface area (Å²) >= 11 is 0. The Hall–Kier alpha value is -5.72. The molecule has 2 N–H and O–H groups in total. The van der Waals surface area contributed by atoms with Crippen LogP contribution < -0.4 is 18.9 Å². The summed E-state index contributed by atoms with van der Waals surface area (Å²) in [7, 11) is 0. The summed E-state index contributed by atoms with van der Waals surface area (Å²) in [5, 5.41) is 17.6. The predicted octanol–water partition coefficient (Wildman–Crippen LogP) is 7.78. The summed E-state index contributed by atoms with van der Waals surface area (Å²) in [4.78, 5) is 49.7. The van der Waals surface area contributed by atoms with E-state index in [-0.39, 0.29) is 13.2 Å². The number of carbonyl (C=O) groups is 4. The SMILES string of the molecule is O=C(OCCCCCCO)c1ccc(OC(=O)c2ccc(OCCCCOc3ccc(C(=O)Oc4ccc(C(=O)OCCCCCCO)cc4)cc3)cc2)cc1. The molecule has 0 aliphatic heterocycles. The number of rotatable bonds is 25. The fourth-order valence-electron chi connectivity index (χ4n) is 5.24. The molecule has 0 radical (unpaired) electrons. The maximum absolute atomic E-state index is 12.6. The van der Waals surface area contributed by atoms with Crippen LogP contribution in [0.5, 0.6) is 23.0 Å². The van der Waals surface area contributed by atoms with E-state index in [9.17, 15) is 19.2 Å².